The second-order valence-electron chi connectivity index (χ2n) is 4.59. The fraction of sp³-hybridized carbons (Fsp3) is 0.643. The third-order valence-corrected chi connectivity index (χ3v) is 3.81. The van der Waals surface area contributed by atoms with Crippen LogP contribution >= 0.6 is 11.3 Å². The van der Waals surface area contributed by atoms with Crippen molar-refractivity contribution in [3.8, 4) is 0 Å². The van der Waals surface area contributed by atoms with E-state index in [0.717, 1.165) is 19.4 Å². The Balaban J connectivity index is 2.29. The van der Waals surface area contributed by atoms with Crippen molar-refractivity contribution in [3.05, 3.63) is 22.4 Å². The summed E-state index contributed by atoms with van der Waals surface area (Å²) < 4.78 is 0. The fourth-order valence-corrected chi connectivity index (χ4v) is 2.74. The molecule has 0 radical (unpaired) electrons. The second kappa shape index (κ2) is 9.11. The minimum absolute atomic E-state index is 0.0581. The standard InChI is InChI=1S/C14H23NO2S/c1-2-3-4-5-8-15-12(11-14(16)17)10-13-7-6-9-18-13/h6-7,9,12,15H,2-5,8,10-11H2,1H3,(H,16,17). The lowest BCUT2D eigenvalue weighted by Crippen LogP contribution is -2.33. The van der Waals surface area contributed by atoms with Gasteiger partial charge in [0.15, 0.2) is 0 Å². The van der Waals surface area contributed by atoms with Gasteiger partial charge in [-0.15, -0.1) is 11.3 Å². The highest BCUT2D eigenvalue weighted by molar-refractivity contribution is 7.09. The Hall–Kier alpha value is -0.870. The molecule has 1 aromatic heterocycles. The smallest absolute Gasteiger partial charge is 0.304 e. The van der Waals surface area contributed by atoms with Gasteiger partial charge in [-0.25, -0.2) is 0 Å². The summed E-state index contributed by atoms with van der Waals surface area (Å²) in [5.74, 6) is -0.724. The van der Waals surface area contributed by atoms with E-state index >= 15 is 0 Å². The molecule has 2 N–H and O–H groups in total. The van der Waals surface area contributed by atoms with Gasteiger partial charge >= 0.3 is 5.97 Å². The maximum Gasteiger partial charge on any atom is 0.304 e. The van der Waals surface area contributed by atoms with Crippen LogP contribution in [0.5, 0.6) is 0 Å². The number of unbranched alkanes of at least 4 members (excludes halogenated alkanes) is 3. The molecule has 3 nitrogen and oxygen atoms in total. The summed E-state index contributed by atoms with van der Waals surface area (Å²) in [5, 5.41) is 14.3. The van der Waals surface area contributed by atoms with Crippen molar-refractivity contribution >= 4 is 17.3 Å². The maximum absolute atomic E-state index is 10.8. The predicted molar refractivity (Wildman–Crippen MR) is 76.2 cm³/mol. The Kier molecular flexibility index (Phi) is 7.69. The second-order valence-corrected chi connectivity index (χ2v) is 5.63. The molecule has 0 saturated carbocycles. The molecular weight excluding hydrogens is 246 g/mol. The fourth-order valence-electron chi connectivity index (χ4n) is 1.96. The van der Waals surface area contributed by atoms with Gasteiger partial charge in [0, 0.05) is 10.9 Å². The molecule has 0 aliphatic rings. The van der Waals surface area contributed by atoms with Crippen LogP contribution in [0.1, 0.15) is 43.9 Å². The number of nitrogens with one attached hydrogen (secondary N) is 1. The van der Waals surface area contributed by atoms with E-state index in [0.29, 0.717) is 0 Å². The van der Waals surface area contributed by atoms with Crippen LogP contribution in [0.25, 0.3) is 0 Å². The minimum Gasteiger partial charge on any atom is -0.481 e. The van der Waals surface area contributed by atoms with E-state index in [1.54, 1.807) is 11.3 Å². The van der Waals surface area contributed by atoms with Gasteiger partial charge in [-0.3, -0.25) is 4.79 Å². The lowest BCUT2D eigenvalue weighted by Gasteiger charge is -2.16. The molecule has 1 atom stereocenters. The molecule has 0 saturated heterocycles. The number of carboxylic acids is 1. The van der Waals surface area contributed by atoms with Crippen molar-refractivity contribution < 1.29 is 9.90 Å². The molecule has 1 rings (SSSR count). The number of hydrogen-bond donors (Lipinski definition) is 2. The van der Waals surface area contributed by atoms with E-state index in [4.69, 9.17) is 5.11 Å². The molecule has 0 fully saturated rings. The van der Waals surface area contributed by atoms with Gasteiger partial charge in [0.25, 0.3) is 0 Å². The Morgan fingerprint density at radius 2 is 2.28 bits per heavy atom. The van der Waals surface area contributed by atoms with Crippen LogP contribution in [0, 0.1) is 0 Å². The monoisotopic (exact) mass is 269 g/mol. The first kappa shape index (κ1) is 15.2. The molecule has 4 heteroatoms. The van der Waals surface area contributed by atoms with Gasteiger partial charge in [0.1, 0.15) is 0 Å². The molecule has 0 spiro atoms. The van der Waals surface area contributed by atoms with E-state index in [9.17, 15) is 4.79 Å². The zero-order chi connectivity index (χ0) is 13.2. The van der Waals surface area contributed by atoms with Gasteiger partial charge < -0.3 is 10.4 Å². The first-order valence-electron chi connectivity index (χ1n) is 6.70. The van der Waals surface area contributed by atoms with Gasteiger partial charge in [-0.2, -0.15) is 0 Å². The lowest BCUT2D eigenvalue weighted by atomic mass is 10.1. The van der Waals surface area contributed by atoms with E-state index in [1.807, 2.05) is 11.4 Å². The Labute approximate surface area is 113 Å². The summed E-state index contributed by atoms with van der Waals surface area (Å²) in [6.45, 7) is 3.11. The Morgan fingerprint density at radius 1 is 1.44 bits per heavy atom. The summed E-state index contributed by atoms with van der Waals surface area (Å²) in [7, 11) is 0. The number of carboxylic acid groups (broad SMARTS) is 1. The van der Waals surface area contributed by atoms with Crippen LogP contribution < -0.4 is 5.32 Å². The maximum atomic E-state index is 10.8. The van der Waals surface area contributed by atoms with Crippen molar-refractivity contribution in [2.45, 2.75) is 51.5 Å². The quantitative estimate of drug-likeness (QED) is 0.641. The van der Waals surface area contributed by atoms with Crippen LogP contribution in [0.2, 0.25) is 0 Å². The molecule has 1 unspecified atom stereocenters. The molecule has 0 aliphatic heterocycles. The third kappa shape index (κ3) is 6.77. The highest BCUT2D eigenvalue weighted by atomic mass is 32.1. The van der Waals surface area contributed by atoms with Crippen molar-refractivity contribution in [1.82, 2.24) is 5.32 Å². The molecule has 1 heterocycles. The highest BCUT2D eigenvalue weighted by Crippen LogP contribution is 2.13. The van der Waals surface area contributed by atoms with Crippen molar-refractivity contribution in [2.24, 2.45) is 0 Å². The number of aliphatic carboxylic acids is 1. The van der Waals surface area contributed by atoms with Crippen LogP contribution in [0.3, 0.4) is 0 Å². The SMILES string of the molecule is CCCCCCNC(CC(=O)O)Cc1cccs1. The third-order valence-electron chi connectivity index (χ3n) is 2.91. The molecule has 18 heavy (non-hydrogen) atoms. The molecule has 102 valence electrons. The summed E-state index contributed by atoms with van der Waals surface area (Å²) in [4.78, 5) is 12.1. The normalized spacial score (nSPS) is 12.5. The minimum atomic E-state index is -0.724. The zero-order valence-corrected chi connectivity index (χ0v) is 11.8. The molecular formula is C14H23NO2S. The molecule has 0 aromatic carbocycles. The average Bonchev–Trinajstić information content (AvgIpc) is 2.80. The van der Waals surface area contributed by atoms with Crippen molar-refractivity contribution in [1.29, 1.82) is 0 Å². The van der Waals surface area contributed by atoms with Crippen LogP contribution in [-0.4, -0.2) is 23.7 Å². The van der Waals surface area contributed by atoms with Crippen LogP contribution in [0.4, 0.5) is 0 Å². The van der Waals surface area contributed by atoms with E-state index in [1.165, 1.54) is 24.1 Å². The van der Waals surface area contributed by atoms with Crippen molar-refractivity contribution in [2.75, 3.05) is 6.54 Å². The summed E-state index contributed by atoms with van der Waals surface area (Å²) >= 11 is 1.69. The first-order chi connectivity index (χ1) is 8.72. The van der Waals surface area contributed by atoms with Crippen molar-refractivity contribution in [3.63, 3.8) is 0 Å². The summed E-state index contributed by atoms with van der Waals surface area (Å²) in [6, 6.07) is 4.14. The highest BCUT2D eigenvalue weighted by Gasteiger charge is 2.13. The number of rotatable bonds is 10. The summed E-state index contributed by atoms with van der Waals surface area (Å²) in [5.41, 5.74) is 0. The average molecular weight is 269 g/mol. The predicted octanol–water partition coefficient (Wildman–Crippen LogP) is 3.30. The number of thiophene rings is 1. The first-order valence-corrected chi connectivity index (χ1v) is 7.58. The number of carbonyl (C=O) groups is 1. The summed E-state index contributed by atoms with van der Waals surface area (Å²) in [6.07, 6.45) is 5.87. The zero-order valence-electron chi connectivity index (χ0n) is 11.0. The lowest BCUT2D eigenvalue weighted by molar-refractivity contribution is -0.137. The van der Waals surface area contributed by atoms with Crippen LogP contribution in [0.15, 0.2) is 17.5 Å². The molecule has 0 aliphatic carbocycles. The number of hydrogen-bond acceptors (Lipinski definition) is 3. The molecule has 0 amide bonds. The van der Waals surface area contributed by atoms with Gasteiger partial charge in [0.2, 0.25) is 0 Å². The Bertz CT molecular complexity index is 325. The Morgan fingerprint density at radius 3 is 2.89 bits per heavy atom. The van der Waals surface area contributed by atoms with Gasteiger partial charge in [-0.1, -0.05) is 32.3 Å². The molecule has 1 aromatic rings. The van der Waals surface area contributed by atoms with Gasteiger partial charge in [0.05, 0.1) is 6.42 Å². The van der Waals surface area contributed by atoms with E-state index < -0.39 is 5.97 Å². The van der Waals surface area contributed by atoms with E-state index in [-0.39, 0.29) is 12.5 Å². The topological polar surface area (TPSA) is 49.3 Å². The van der Waals surface area contributed by atoms with Gasteiger partial charge in [-0.05, 0) is 30.8 Å². The van der Waals surface area contributed by atoms with Crippen LogP contribution in [-0.2, 0) is 11.2 Å². The van der Waals surface area contributed by atoms with E-state index in [2.05, 4.69) is 18.3 Å². The molecule has 0 bridgehead atoms. The largest absolute Gasteiger partial charge is 0.481 e.